The van der Waals surface area contributed by atoms with Crippen LogP contribution in [-0.2, 0) is 0 Å². The molecule has 3 aromatic rings. The average molecular weight is 343 g/mol. The van der Waals surface area contributed by atoms with E-state index in [9.17, 15) is 9.90 Å². The van der Waals surface area contributed by atoms with Crippen LogP contribution in [0, 0.1) is 0 Å². The first kappa shape index (κ1) is 13.6. The van der Waals surface area contributed by atoms with E-state index in [0.717, 1.165) is 21.3 Å². The van der Waals surface area contributed by atoms with Gasteiger partial charge in [0, 0.05) is 28.1 Å². The van der Waals surface area contributed by atoms with Crippen LogP contribution in [0.15, 0.2) is 59.3 Å². The van der Waals surface area contributed by atoms with E-state index in [2.05, 4.69) is 25.9 Å². The third-order valence-corrected chi connectivity index (χ3v) is 3.65. The van der Waals surface area contributed by atoms with Gasteiger partial charge in [-0.2, -0.15) is 0 Å². The summed E-state index contributed by atoms with van der Waals surface area (Å²) in [7, 11) is 0. The number of aromatic carboxylic acids is 1. The lowest BCUT2D eigenvalue weighted by Gasteiger charge is -2.02. The number of rotatable bonds is 3. The Morgan fingerprint density at radius 3 is 2.52 bits per heavy atom. The standard InChI is InChI=1S/C16H11BrN2O2/c17-12-3-1-2-11(8-12)15-13(16(20)21)9-14(19-15)10-4-6-18-7-5-10/h1-9,19H,(H,20,21). The van der Waals surface area contributed by atoms with E-state index in [0.29, 0.717) is 5.69 Å². The Morgan fingerprint density at radius 1 is 1.10 bits per heavy atom. The molecule has 2 N–H and O–H groups in total. The van der Waals surface area contributed by atoms with Crippen LogP contribution < -0.4 is 0 Å². The van der Waals surface area contributed by atoms with Gasteiger partial charge in [-0.3, -0.25) is 4.98 Å². The molecule has 104 valence electrons. The lowest BCUT2D eigenvalue weighted by Crippen LogP contribution is -1.96. The Labute approximate surface area is 129 Å². The maximum Gasteiger partial charge on any atom is 0.337 e. The highest BCUT2D eigenvalue weighted by molar-refractivity contribution is 9.10. The summed E-state index contributed by atoms with van der Waals surface area (Å²) in [5.74, 6) is -0.957. The number of aromatic nitrogens is 2. The molecule has 0 atom stereocenters. The van der Waals surface area contributed by atoms with Gasteiger partial charge in [-0.15, -0.1) is 0 Å². The molecule has 1 aromatic carbocycles. The molecule has 21 heavy (non-hydrogen) atoms. The SMILES string of the molecule is O=C(O)c1cc(-c2ccncc2)[nH]c1-c1cccc(Br)c1. The van der Waals surface area contributed by atoms with E-state index >= 15 is 0 Å². The molecule has 5 heteroatoms. The Morgan fingerprint density at radius 2 is 1.86 bits per heavy atom. The monoisotopic (exact) mass is 342 g/mol. The Balaban J connectivity index is 2.16. The van der Waals surface area contributed by atoms with Crippen LogP contribution in [0.1, 0.15) is 10.4 Å². The van der Waals surface area contributed by atoms with Crippen molar-refractivity contribution in [2.24, 2.45) is 0 Å². The fraction of sp³-hybridized carbons (Fsp3) is 0. The molecule has 0 saturated carbocycles. The predicted molar refractivity (Wildman–Crippen MR) is 84.1 cm³/mol. The number of nitrogens with one attached hydrogen (secondary N) is 1. The molecule has 2 aromatic heterocycles. The van der Waals surface area contributed by atoms with Crippen molar-refractivity contribution in [3.8, 4) is 22.5 Å². The fourth-order valence-electron chi connectivity index (χ4n) is 2.18. The Bertz CT molecular complexity index is 797. The third-order valence-electron chi connectivity index (χ3n) is 3.15. The topological polar surface area (TPSA) is 66.0 Å². The van der Waals surface area contributed by atoms with Crippen LogP contribution in [0.25, 0.3) is 22.5 Å². The molecule has 0 unspecified atom stereocenters. The molecular formula is C16H11BrN2O2. The first-order chi connectivity index (χ1) is 10.1. The van der Waals surface area contributed by atoms with E-state index in [1.165, 1.54) is 0 Å². The molecule has 4 nitrogen and oxygen atoms in total. The molecule has 0 aliphatic heterocycles. The van der Waals surface area contributed by atoms with Gasteiger partial charge in [0.05, 0.1) is 11.3 Å². The van der Waals surface area contributed by atoms with E-state index in [1.807, 2.05) is 36.4 Å². The molecular weight excluding hydrogens is 332 g/mol. The van der Waals surface area contributed by atoms with Crippen molar-refractivity contribution in [3.05, 3.63) is 64.9 Å². The molecule has 0 aliphatic carbocycles. The van der Waals surface area contributed by atoms with Gasteiger partial charge in [0.2, 0.25) is 0 Å². The van der Waals surface area contributed by atoms with Crippen molar-refractivity contribution in [2.45, 2.75) is 0 Å². The van der Waals surface area contributed by atoms with E-state index < -0.39 is 5.97 Å². The van der Waals surface area contributed by atoms with Crippen LogP contribution in [0.2, 0.25) is 0 Å². The summed E-state index contributed by atoms with van der Waals surface area (Å²) in [4.78, 5) is 18.6. The van der Waals surface area contributed by atoms with Crippen LogP contribution in [-0.4, -0.2) is 21.0 Å². The highest BCUT2D eigenvalue weighted by Crippen LogP contribution is 2.30. The number of hydrogen-bond acceptors (Lipinski definition) is 2. The predicted octanol–water partition coefficient (Wildman–Crippen LogP) is 4.20. The number of carbonyl (C=O) groups is 1. The number of H-pyrrole nitrogens is 1. The maximum absolute atomic E-state index is 11.5. The molecule has 0 saturated heterocycles. The van der Waals surface area contributed by atoms with Gasteiger partial charge >= 0.3 is 5.97 Å². The zero-order valence-corrected chi connectivity index (χ0v) is 12.5. The summed E-state index contributed by atoms with van der Waals surface area (Å²) >= 11 is 3.40. The smallest absolute Gasteiger partial charge is 0.337 e. The molecule has 0 radical (unpaired) electrons. The minimum absolute atomic E-state index is 0.250. The van der Waals surface area contributed by atoms with Gasteiger partial charge < -0.3 is 10.1 Å². The van der Waals surface area contributed by atoms with Gasteiger partial charge in [0.15, 0.2) is 0 Å². The van der Waals surface area contributed by atoms with Gasteiger partial charge in [-0.1, -0.05) is 28.1 Å². The minimum Gasteiger partial charge on any atom is -0.478 e. The van der Waals surface area contributed by atoms with Gasteiger partial charge in [-0.05, 0) is 35.9 Å². The van der Waals surface area contributed by atoms with Crippen molar-refractivity contribution in [3.63, 3.8) is 0 Å². The summed E-state index contributed by atoms with van der Waals surface area (Å²) in [6.45, 7) is 0. The molecule has 2 heterocycles. The first-order valence-electron chi connectivity index (χ1n) is 6.28. The maximum atomic E-state index is 11.5. The van der Waals surface area contributed by atoms with Crippen molar-refractivity contribution in [1.82, 2.24) is 9.97 Å². The summed E-state index contributed by atoms with van der Waals surface area (Å²) < 4.78 is 0.899. The molecule has 0 aliphatic rings. The second-order valence-electron chi connectivity index (χ2n) is 4.52. The van der Waals surface area contributed by atoms with Crippen LogP contribution in [0.4, 0.5) is 0 Å². The van der Waals surface area contributed by atoms with E-state index in [1.54, 1.807) is 18.5 Å². The average Bonchev–Trinajstić information content (AvgIpc) is 2.93. The zero-order chi connectivity index (χ0) is 14.8. The zero-order valence-electron chi connectivity index (χ0n) is 10.9. The number of hydrogen-bond donors (Lipinski definition) is 2. The molecule has 0 amide bonds. The molecule has 0 bridgehead atoms. The largest absolute Gasteiger partial charge is 0.478 e. The quantitative estimate of drug-likeness (QED) is 0.749. The minimum atomic E-state index is -0.957. The lowest BCUT2D eigenvalue weighted by molar-refractivity contribution is 0.0698. The van der Waals surface area contributed by atoms with E-state index in [4.69, 9.17) is 0 Å². The number of nitrogens with zero attached hydrogens (tertiary/aromatic N) is 1. The number of carboxylic acids is 1. The van der Waals surface area contributed by atoms with Crippen molar-refractivity contribution in [2.75, 3.05) is 0 Å². The molecule has 0 fully saturated rings. The molecule has 0 spiro atoms. The number of aromatic amines is 1. The Kier molecular flexibility index (Phi) is 3.58. The summed E-state index contributed by atoms with van der Waals surface area (Å²) in [6.07, 6.45) is 3.35. The highest BCUT2D eigenvalue weighted by atomic mass is 79.9. The van der Waals surface area contributed by atoms with Crippen molar-refractivity contribution in [1.29, 1.82) is 0 Å². The van der Waals surface area contributed by atoms with Crippen molar-refractivity contribution < 1.29 is 9.90 Å². The summed E-state index contributed by atoms with van der Waals surface area (Å²) in [5, 5.41) is 9.41. The van der Waals surface area contributed by atoms with E-state index in [-0.39, 0.29) is 5.56 Å². The number of pyridine rings is 1. The second-order valence-corrected chi connectivity index (χ2v) is 5.44. The van der Waals surface area contributed by atoms with Crippen LogP contribution in [0.5, 0.6) is 0 Å². The fourth-order valence-corrected chi connectivity index (χ4v) is 2.58. The van der Waals surface area contributed by atoms with Crippen LogP contribution >= 0.6 is 15.9 Å². The Hall–Kier alpha value is -2.40. The van der Waals surface area contributed by atoms with Crippen LogP contribution in [0.3, 0.4) is 0 Å². The normalized spacial score (nSPS) is 10.5. The number of carboxylic acid groups (broad SMARTS) is 1. The highest BCUT2D eigenvalue weighted by Gasteiger charge is 2.16. The number of benzene rings is 1. The van der Waals surface area contributed by atoms with Gasteiger partial charge in [-0.25, -0.2) is 4.79 Å². The summed E-state index contributed by atoms with van der Waals surface area (Å²) in [6, 6.07) is 12.8. The third kappa shape index (κ3) is 2.73. The van der Waals surface area contributed by atoms with Gasteiger partial charge in [0.25, 0.3) is 0 Å². The van der Waals surface area contributed by atoms with Crippen molar-refractivity contribution >= 4 is 21.9 Å². The molecule has 3 rings (SSSR count). The number of halogens is 1. The van der Waals surface area contributed by atoms with Gasteiger partial charge in [0.1, 0.15) is 0 Å². The first-order valence-corrected chi connectivity index (χ1v) is 7.07. The summed E-state index contributed by atoms with van der Waals surface area (Å²) in [5.41, 5.74) is 3.32. The second kappa shape index (κ2) is 5.54. The lowest BCUT2D eigenvalue weighted by atomic mass is 10.1.